The zero-order chi connectivity index (χ0) is 13.5. The lowest BCUT2D eigenvalue weighted by Crippen LogP contribution is -2.40. The molecule has 0 N–H and O–H groups in total. The third-order valence-corrected chi connectivity index (χ3v) is 3.26. The van der Waals surface area contributed by atoms with Gasteiger partial charge in [0.2, 0.25) is 0 Å². The molecule has 1 aliphatic heterocycles. The van der Waals surface area contributed by atoms with Crippen molar-refractivity contribution in [2.75, 3.05) is 4.90 Å². The van der Waals surface area contributed by atoms with Crippen LogP contribution in [0.5, 0.6) is 11.5 Å². The number of hydrogen-bond acceptors (Lipinski definition) is 3. The van der Waals surface area contributed by atoms with Gasteiger partial charge in [-0.25, -0.2) is 0 Å². The van der Waals surface area contributed by atoms with Gasteiger partial charge in [0.05, 0.1) is 17.4 Å². The van der Waals surface area contributed by atoms with Gasteiger partial charge in [0.15, 0.2) is 11.5 Å². The number of anilines is 2. The van der Waals surface area contributed by atoms with Crippen LogP contribution in [0.25, 0.3) is 0 Å². The van der Waals surface area contributed by atoms with Crippen molar-refractivity contribution >= 4 is 11.4 Å². The van der Waals surface area contributed by atoms with Crippen molar-refractivity contribution in [2.24, 2.45) is 0 Å². The second kappa shape index (κ2) is 4.03. The zero-order valence-corrected chi connectivity index (χ0v) is 10.9. The standard InChI is InChI=1S/C16H14N2O/c1-16(2,11-17)18-12-7-3-5-9-14(12)19-15-10-6-4-8-13(15)18/h3-10H,1-2H3. The maximum atomic E-state index is 9.46. The predicted molar refractivity (Wildman–Crippen MR) is 74.8 cm³/mol. The average Bonchev–Trinajstić information content (AvgIpc) is 2.44. The molecule has 1 heterocycles. The quantitative estimate of drug-likeness (QED) is 0.759. The van der Waals surface area contributed by atoms with Gasteiger partial charge >= 0.3 is 0 Å². The van der Waals surface area contributed by atoms with Crippen LogP contribution in [0.2, 0.25) is 0 Å². The summed E-state index contributed by atoms with van der Waals surface area (Å²) in [5.41, 5.74) is 1.20. The second-order valence-electron chi connectivity index (χ2n) is 5.04. The molecule has 3 nitrogen and oxygen atoms in total. The van der Waals surface area contributed by atoms with Gasteiger partial charge in [0.25, 0.3) is 0 Å². The number of ether oxygens (including phenoxy) is 1. The molecule has 0 spiro atoms. The van der Waals surface area contributed by atoms with Crippen LogP contribution in [0, 0.1) is 11.3 Å². The van der Waals surface area contributed by atoms with E-state index in [1.165, 1.54) is 0 Å². The van der Waals surface area contributed by atoms with Crippen molar-refractivity contribution in [1.82, 2.24) is 0 Å². The molecule has 3 heteroatoms. The minimum Gasteiger partial charge on any atom is -0.453 e. The van der Waals surface area contributed by atoms with Crippen molar-refractivity contribution < 1.29 is 4.74 Å². The molecule has 2 aromatic rings. The number of para-hydroxylation sites is 4. The molecule has 0 radical (unpaired) electrons. The lowest BCUT2D eigenvalue weighted by atomic mass is 10.0. The largest absolute Gasteiger partial charge is 0.453 e. The molecule has 0 atom stereocenters. The maximum Gasteiger partial charge on any atom is 0.151 e. The Bertz CT molecular complexity index is 625. The van der Waals surface area contributed by atoms with Crippen LogP contribution >= 0.6 is 0 Å². The van der Waals surface area contributed by atoms with Gasteiger partial charge in [-0.3, -0.25) is 0 Å². The van der Waals surface area contributed by atoms with Gasteiger partial charge in [-0.2, -0.15) is 5.26 Å². The average molecular weight is 250 g/mol. The Hall–Kier alpha value is -2.47. The molecule has 94 valence electrons. The van der Waals surface area contributed by atoms with Crippen molar-refractivity contribution in [3.05, 3.63) is 48.5 Å². The van der Waals surface area contributed by atoms with Crippen LogP contribution in [-0.2, 0) is 0 Å². The highest BCUT2D eigenvalue weighted by molar-refractivity contribution is 5.79. The fourth-order valence-corrected chi connectivity index (χ4v) is 2.36. The summed E-state index contributed by atoms with van der Waals surface area (Å²) in [6.07, 6.45) is 0. The molecule has 0 saturated heterocycles. The molecule has 0 aliphatic carbocycles. The van der Waals surface area contributed by atoms with E-state index in [1.807, 2.05) is 67.3 Å². The van der Waals surface area contributed by atoms with Gasteiger partial charge in [0, 0.05) is 0 Å². The van der Waals surface area contributed by atoms with Crippen LogP contribution in [-0.4, -0.2) is 5.54 Å². The molecule has 3 rings (SSSR count). The van der Waals surface area contributed by atoms with Crippen LogP contribution in [0.4, 0.5) is 11.4 Å². The topological polar surface area (TPSA) is 36.3 Å². The molecule has 0 bridgehead atoms. The van der Waals surface area contributed by atoms with E-state index in [-0.39, 0.29) is 0 Å². The molecule has 19 heavy (non-hydrogen) atoms. The Labute approximate surface area is 112 Å². The Morgan fingerprint density at radius 2 is 1.42 bits per heavy atom. The molecule has 0 fully saturated rings. The summed E-state index contributed by atoms with van der Waals surface area (Å²) in [5.74, 6) is 1.56. The zero-order valence-electron chi connectivity index (χ0n) is 10.9. The number of rotatable bonds is 1. The molecule has 0 saturated carbocycles. The second-order valence-corrected chi connectivity index (χ2v) is 5.04. The van der Waals surface area contributed by atoms with Crippen molar-refractivity contribution in [1.29, 1.82) is 5.26 Å². The number of benzene rings is 2. The highest BCUT2D eigenvalue weighted by atomic mass is 16.5. The van der Waals surface area contributed by atoms with E-state index in [0.29, 0.717) is 0 Å². The highest BCUT2D eigenvalue weighted by Crippen LogP contribution is 2.49. The van der Waals surface area contributed by atoms with Crippen LogP contribution in [0.15, 0.2) is 48.5 Å². The van der Waals surface area contributed by atoms with Gasteiger partial charge in [-0.15, -0.1) is 0 Å². The van der Waals surface area contributed by atoms with Gasteiger partial charge in [-0.05, 0) is 38.1 Å². The van der Waals surface area contributed by atoms with E-state index < -0.39 is 5.54 Å². The van der Waals surface area contributed by atoms with E-state index in [4.69, 9.17) is 4.74 Å². The summed E-state index contributed by atoms with van der Waals surface area (Å²) in [6.45, 7) is 3.82. The smallest absolute Gasteiger partial charge is 0.151 e. The first kappa shape index (κ1) is 11.6. The first-order valence-electron chi connectivity index (χ1n) is 6.21. The SMILES string of the molecule is CC(C)(C#N)N1c2ccccc2Oc2ccccc21. The molecular weight excluding hydrogens is 236 g/mol. The maximum absolute atomic E-state index is 9.46. The summed E-state index contributed by atoms with van der Waals surface area (Å²) in [6, 6.07) is 17.9. The highest BCUT2D eigenvalue weighted by Gasteiger charge is 2.34. The van der Waals surface area contributed by atoms with Gasteiger partial charge in [-0.1, -0.05) is 24.3 Å². The van der Waals surface area contributed by atoms with Crippen LogP contribution in [0.3, 0.4) is 0 Å². The fourth-order valence-electron chi connectivity index (χ4n) is 2.36. The number of nitrogens with zero attached hydrogens (tertiary/aromatic N) is 2. The van der Waals surface area contributed by atoms with E-state index in [1.54, 1.807) is 0 Å². The minimum absolute atomic E-state index is 0.643. The third-order valence-electron chi connectivity index (χ3n) is 3.26. The molecule has 0 amide bonds. The van der Waals surface area contributed by atoms with Crippen molar-refractivity contribution in [2.45, 2.75) is 19.4 Å². The Balaban J connectivity index is 2.26. The van der Waals surface area contributed by atoms with Gasteiger partial charge < -0.3 is 9.64 Å². The molecule has 0 aromatic heterocycles. The minimum atomic E-state index is -0.643. The predicted octanol–water partition coefficient (Wildman–Crippen LogP) is 4.23. The Morgan fingerprint density at radius 3 is 1.89 bits per heavy atom. The first-order valence-corrected chi connectivity index (χ1v) is 6.21. The summed E-state index contributed by atoms with van der Waals surface area (Å²) < 4.78 is 5.90. The molecule has 1 aliphatic rings. The third kappa shape index (κ3) is 1.73. The van der Waals surface area contributed by atoms with Crippen LogP contribution in [0.1, 0.15) is 13.8 Å². The van der Waals surface area contributed by atoms with E-state index in [2.05, 4.69) is 6.07 Å². The van der Waals surface area contributed by atoms with Gasteiger partial charge in [0.1, 0.15) is 5.54 Å². The van der Waals surface area contributed by atoms with E-state index in [9.17, 15) is 5.26 Å². The van der Waals surface area contributed by atoms with Crippen LogP contribution < -0.4 is 9.64 Å². The summed E-state index contributed by atoms with van der Waals surface area (Å²) in [7, 11) is 0. The lowest BCUT2D eigenvalue weighted by Gasteiger charge is -2.39. The Kier molecular flexibility index (Phi) is 2.46. The molecule has 2 aromatic carbocycles. The lowest BCUT2D eigenvalue weighted by molar-refractivity contribution is 0.462. The Morgan fingerprint density at radius 1 is 0.947 bits per heavy atom. The fraction of sp³-hybridized carbons (Fsp3) is 0.188. The number of fused-ring (bicyclic) bond motifs is 2. The first-order chi connectivity index (χ1) is 9.13. The molecular formula is C16H14N2O. The number of nitriles is 1. The van der Waals surface area contributed by atoms with Crippen molar-refractivity contribution in [3.8, 4) is 17.6 Å². The normalized spacial score (nSPS) is 13.0. The van der Waals surface area contributed by atoms with E-state index >= 15 is 0 Å². The summed E-state index contributed by atoms with van der Waals surface area (Å²) >= 11 is 0. The monoisotopic (exact) mass is 250 g/mol. The number of hydrogen-bond donors (Lipinski definition) is 0. The van der Waals surface area contributed by atoms with Crippen molar-refractivity contribution in [3.63, 3.8) is 0 Å². The summed E-state index contributed by atoms with van der Waals surface area (Å²) in [4.78, 5) is 2.03. The molecule has 0 unspecified atom stereocenters. The summed E-state index contributed by atoms with van der Waals surface area (Å²) in [5, 5.41) is 9.46. The van der Waals surface area contributed by atoms with E-state index in [0.717, 1.165) is 22.9 Å².